The van der Waals surface area contributed by atoms with Gasteiger partial charge in [-0.25, -0.2) is 9.49 Å². The number of rotatable bonds is 5. The Bertz CT molecular complexity index is 1240. The molecule has 29 heavy (non-hydrogen) atoms. The number of nitrogens with zero attached hydrogens (tertiary/aromatic N) is 5. The lowest BCUT2D eigenvalue weighted by atomic mass is 10.2. The molecule has 0 fully saturated rings. The lowest BCUT2D eigenvalue weighted by Crippen LogP contribution is -2.04. The summed E-state index contributed by atoms with van der Waals surface area (Å²) >= 11 is 5.30. The van der Waals surface area contributed by atoms with Crippen molar-refractivity contribution in [2.45, 2.75) is 20.4 Å². The predicted molar refractivity (Wildman–Crippen MR) is 113 cm³/mol. The van der Waals surface area contributed by atoms with Gasteiger partial charge in [-0.05, 0) is 43.8 Å². The van der Waals surface area contributed by atoms with Gasteiger partial charge in [0, 0.05) is 16.8 Å². The van der Waals surface area contributed by atoms with Crippen molar-refractivity contribution in [3.8, 4) is 11.4 Å². The number of aromatic amines is 1. The van der Waals surface area contributed by atoms with Crippen LogP contribution in [0.4, 0.5) is 4.39 Å². The Morgan fingerprint density at radius 1 is 1.14 bits per heavy atom. The third-order valence-electron chi connectivity index (χ3n) is 4.65. The van der Waals surface area contributed by atoms with E-state index in [0.29, 0.717) is 22.7 Å². The molecule has 8 heteroatoms. The van der Waals surface area contributed by atoms with Gasteiger partial charge in [0.05, 0.1) is 18.5 Å². The van der Waals surface area contributed by atoms with Crippen LogP contribution in [0.5, 0.6) is 0 Å². The van der Waals surface area contributed by atoms with Crippen LogP contribution in [0, 0.1) is 24.4 Å². The number of halogens is 1. The first-order valence-corrected chi connectivity index (χ1v) is 9.49. The predicted octanol–water partition coefficient (Wildman–Crippen LogP) is 4.49. The van der Waals surface area contributed by atoms with Gasteiger partial charge in [-0.1, -0.05) is 42.5 Å². The van der Waals surface area contributed by atoms with Gasteiger partial charge in [0.2, 0.25) is 4.77 Å². The van der Waals surface area contributed by atoms with Gasteiger partial charge in [-0.2, -0.15) is 20.0 Å². The van der Waals surface area contributed by atoms with E-state index in [4.69, 9.17) is 12.2 Å². The third kappa shape index (κ3) is 3.93. The Kier molecular flexibility index (Phi) is 5.18. The molecule has 2 aromatic carbocycles. The Labute approximate surface area is 172 Å². The smallest absolute Gasteiger partial charge is 0.216 e. The van der Waals surface area contributed by atoms with Gasteiger partial charge >= 0.3 is 0 Å². The van der Waals surface area contributed by atoms with E-state index in [0.717, 1.165) is 17.0 Å². The minimum absolute atomic E-state index is 0.326. The van der Waals surface area contributed by atoms with E-state index in [-0.39, 0.29) is 5.82 Å². The topological polar surface area (TPSA) is 63.8 Å². The lowest BCUT2D eigenvalue weighted by molar-refractivity contribution is 0.628. The molecule has 0 saturated carbocycles. The van der Waals surface area contributed by atoms with Gasteiger partial charge < -0.3 is 0 Å². The Hall–Kier alpha value is -3.39. The summed E-state index contributed by atoms with van der Waals surface area (Å²) in [6.07, 6.45) is 1.72. The number of benzene rings is 2. The fourth-order valence-corrected chi connectivity index (χ4v) is 3.32. The van der Waals surface area contributed by atoms with Crippen LogP contribution in [0.15, 0.2) is 59.7 Å². The molecule has 0 atom stereocenters. The lowest BCUT2D eigenvalue weighted by Gasteiger charge is -2.04. The highest BCUT2D eigenvalue weighted by Gasteiger charge is 2.12. The highest BCUT2D eigenvalue weighted by Crippen LogP contribution is 2.19. The molecule has 1 N–H and O–H groups in total. The minimum Gasteiger partial charge on any atom is -0.265 e. The van der Waals surface area contributed by atoms with Crippen LogP contribution in [0.25, 0.3) is 11.4 Å². The zero-order chi connectivity index (χ0) is 20.4. The first-order valence-electron chi connectivity index (χ1n) is 9.08. The SMILES string of the molecule is Cc1nn(Cc2ccccc2)c(C)c1C=Nn1c(-c2cccc(F)c2)n[nH]c1=S. The van der Waals surface area contributed by atoms with Crippen LogP contribution in [0.2, 0.25) is 0 Å². The fraction of sp³-hybridized carbons (Fsp3) is 0.143. The van der Waals surface area contributed by atoms with Gasteiger partial charge in [-0.3, -0.25) is 4.68 Å². The largest absolute Gasteiger partial charge is 0.265 e. The van der Waals surface area contributed by atoms with Crippen LogP contribution in [0.1, 0.15) is 22.5 Å². The molecule has 0 saturated heterocycles. The van der Waals surface area contributed by atoms with Crippen molar-refractivity contribution in [3.63, 3.8) is 0 Å². The monoisotopic (exact) mass is 406 g/mol. The van der Waals surface area contributed by atoms with Crippen LogP contribution in [-0.4, -0.2) is 30.9 Å². The van der Waals surface area contributed by atoms with E-state index in [9.17, 15) is 4.39 Å². The molecular weight excluding hydrogens is 387 g/mol. The molecular formula is C21H19FN6S. The van der Waals surface area contributed by atoms with Crippen molar-refractivity contribution in [2.75, 3.05) is 0 Å². The van der Waals surface area contributed by atoms with Crippen molar-refractivity contribution in [3.05, 3.63) is 87.7 Å². The summed E-state index contributed by atoms with van der Waals surface area (Å²) in [6, 6.07) is 16.3. The number of H-pyrrole nitrogens is 1. The zero-order valence-electron chi connectivity index (χ0n) is 16.0. The molecule has 146 valence electrons. The summed E-state index contributed by atoms with van der Waals surface area (Å²) in [5.74, 6) is 0.0959. The second-order valence-corrected chi connectivity index (χ2v) is 7.03. The van der Waals surface area contributed by atoms with Crippen LogP contribution < -0.4 is 0 Å². The molecule has 4 rings (SSSR count). The van der Waals surface area contributed by atoms with E-state index in [2.05, 4.69) is 32.5 Å². The quantitative estimate of drug-likeness (QED) is 0.392. The fourth-order valence-electron chi connectivity index (χ4n) is 3.14. The Balaban J connectivity index is 1.67. The Morgan fingerprint density at radius 2 is 1.93 bits per heavy atom. The molecule has 0 bridgehead atoms. The Morgan fingerprint density at radius 3 is 2.69 bits per heavy atom. The van der Waals surface area contributed by atoms with E-state index in [1.807, 2.05) is 36.7 Å². The highest BCUT2D eigenvalue weighted by molar-refractivity contribution is 7.71. The maximum Gasteiger partial charge on any atom is 0.216 e. The molecule has 6 nitrogen and oxygen atoms in total. The summed E-state index contributed by atoms with van der Waals surface area (Å²) < 4.78 is 17.4. The molecule has 0 aliphatic rings. The van der Waals surface area contributed by atoms with Gasteiger partial charge in [0.15, 0.2) is 5.82 Å². The van der Waals surface area contributed by atoms with Crippen molar-refractivity contribution in [2.24, 2.45) is 5.10 Å². The third-order valence-corrected chi connectivity index (χ3v) is 4.91. The summed E-state index contributed by atoms with van der Waals surface area (Å²) in [6.45, 7) is 4.63. The first kappa shape index (κ1) is 18.9. The van der Waals surface area contributed by atoms with Crippen LogP contribution in [0.3, 0.4) is 0 Å². The van der Waals surface area contributed by atoms with E-state index < -0.39 is 0 Å². The summed E-state index contributed by atoms with van der Waals surface area (Å²) in [4.78, 5) is 0. The van der Waals surface area contributed by atoms with E-state index in [1.54, 1.807) is 18.3 Å². The van der Waals surface area contributed by atoms with Crippen LogP contribution in [-0.2, 0) is 6.54 Å². The molecule has 0 aliphatic carbocycles. The van der Waals surface area contributed by atoms with Crippen molar-refractivity contribution < 1.29 is 4.39 Å². The molecule has 0 radical (unpaired) electrons. The minimum atomic E-state index is -0.346. The highest BCUT2D eigenvalue weighted by atomic mass is 32.1. The second-order valence-electron chi connectivity index (χ2n) is 6.65. The number of aromatic nitrogens is 5. The molecule has 0 aliphatic heterocycles. The average molecular weight is 406 g/mol. The maximum absolute atomic E-state index is 13.6. The number of aryl methyl sites for hydroxylation is 1. The van der Waals surface area contributed by atoms with Gasteiger partial charge in [-0.15, -0.1) is 0 Å². The van der Waals surface area contributed by atoms with Crippen molar-refractivity contribution in [1.82, 2.24) is 24.7 Å². The second kappa shape index (κ2) is 7.92. The normalized spacial score (nSPS) is 11.4. The average Bonchev–Trinajstić information content (AvgIpc) is 3.20. The van der Waals surface area contributed by atoms with Crippen molar-refractivity contribution in [1.29, 1.82) is 0 Å². The molecule has 0 spiro atoms. The van der Waals surface area contributed by atoms with E-state index in [1.165, 1.54) is 22.4 Å². The van der Waals surface area contributed by atoms with Gasteiger partial charge in [0.1, 0.15) is 5.82 Å². The van der Waals surface area contributed by atoms with Crippen LogP contribution >= 0.6 is 12.2 Å². The number of nitrogens with one attached hydrogen (secondary N) is 1. The summed E-state index contributed by atoms with van der Waals surface area (Å²) in [7, 11) is 0. The number of hydrogen-bond donors (Lipinski definition) is 1. The molecule has 4 aromatic rings. The van der Waals surface area contributed by atoms with Crippen molar-refractivity contribution >= 4 is 18.4 Å². The summed E-state index contributed by atoms with van der Waals surface area (Å²) in [5, 5.41) is 16.0. The number of hydrogen-bond acceptors (Lipinski definition) is 4. The first-order chi connectivity index (χ1) is 14.0. The van der Waals surface area contributed by atoms with E-state index >= 15 is 0 Å². The molecule has 2 aromatic heterocycles. The molecule has 2 heterocycles. The molecule has 0 amide bonds. The molecule has 0 unspecified atom stereocenters. The van der Waals surface area contributed by atoms with Gasteiger partial charge in [0.25, 0.3) is 0 Å². The standard InChI is InChI=1S/C21H19FN6S/c1-14-19(15(2)27(26-14)13-16-7-4-3-5-8-16)12-23-28-20(24-25-21(28)29)17-9-6-10-18(22)11-17/h3-12H,13H2,1-2H3,(H,25,29). The summed E-state index contributed by atoms with van der Waals surface area (Å²) in [5.41, 5.74) is 4.53. The maximum atomic E-state index is 13.6. The zero-order valence-corrected chi connectivity index (χ0v) is 16.8.